The maximum absolute atomic E-state index is 8.70. The minimum Gasteiger partial charge on any atom is -0.508 e. The number of phenols is 2. The zero-order chi connectivity index (χ0) is 29.3. The third-order valence-electron chi connectivity index (χ3n) is 6.70. The molecule has 0 saturated heterocycles. The third-order valence-corrected chi connectivity index (χ3v) is 7.20. The topological polar surface area (TPSA) is 40.5 Å². The number of phenolic OH excluding ortho intramolecular Hbond substituents is 2. The number of hydrogen-bond acceptors (Lipinski definition) is 2. The van der Waals surface area contributed by atoms with Crippen LogP contribution in [0.2, 0.25) is 10.0 Å². The molecular formula is C38H28Cl2O2Zr. The van der Waals surface area contributed by atoms with Crippen molar-refractivity contribution in [2.24, 2.45) is 0 Å². The number of benzene rings is 6. The van der Waals surface area contributed by atoms with Crippen molar-refractivity contribution in [2.45, 2.75) is 0 Å². The van der Waals surface area contributed by atoms with Gasteiger partial charge in [0.1, 0.15) is 11.5 Å². The normalized spacial score (nSPS) is 10.1. The van der Waals surface area contributed by atoms with Crippen LogP contribution in [-0.2, 0) is 26.2 Å². The maximum Gasteiger partial charge on any atom is 2.00 e. The zero-order valence-electron chi connectivity index (χ0n) is 23.2. The van der Waals surface area contributed by atoms with E-state index in [4.69, 9.17) is 33.4 Å². The number of fused-ring (bicyclic) bond motifs is 6. The summed E-state index contributed by atoms with van der Waals surface area (Å²) in [6.45, 7) is 0. The Bertz CT molecular complexity index is 1730. The van der Waals surface area contributed by atoms with Gasteiger partial charge in [0.15, 0.2) is 0 Å². The summed E-state index contributed by atoms with van der Waals surface area (Å²) in [4.78, 5) is 0. The molecule has 2 N–H and O–H groups in total. The fourth-order valence-corrected chi connectivity index (χ4v) is 4.94. The van der Waals surface area contributed by atoms with Gasteiger partial charge in [-0.25, -0.2) is 0 Å². The molecule has 0 aliphatic rings. The molecular weight excluding hydrogens is 651 g/mol. The van der Waals surface area contributed by atoms with Crippen LogP contribution in [0.15, 0.2) is 158 Å². The van der Waals surface area contributed by atoms with Crippen LogP contribution in [0.5, 0.6) is 11.5 Å². The first-order chi connectivity index (χ1) is 20.5. The van der Waals surface area contributed by atoms with E-state index in [9.17, 15) is 0 Å². The molecule has 0 fully saturated rings. The van der Waals surface area contributed by atoms with Crippen LogP contribution >= 0.6 is 23.2 Å². The van der Waals surface area contributed by atoms with Crippen molar-refractivity contribution in [3.8, 4) is 11.5 Å². The Balaban J connectivity index is 0.000000134. The van der Waals surface area contributed by atoms with E-state index in [-0.39, 0.29) is 37.7 Å². The fraction of sp³-hybridized carbons (Fsp3) is 0. The van der Waals surface area contributed by atoms with Crippen LogP contribution < -0.4 is 0 Å². The molecule has 0 aromatic heterocycles. The van der Waals surface area contributed by atoms with Crippen LogP contribution in [0.1, 0.15) is 0 Å². The predicted octanol–water partition coefficient (Wildman–Crippen LogP) is 11.5. The van der Waals surface area contributed by atoms with Crippen LogP contribution in [0.3, 0.4) is 0 Å². The van der Waals surface area contributed by atoms with Crippen molar-refractivity contribution in [3.05, 3.63) is 168 Å². The Morgan fingerprint density at radius 1 is 0.349 bits per heavy atom. The van der Waals surface area contributed by atoms with E-state index >= 15 is 0 Å². The molecule has 0 aliphatic heterocycles. The molecule has 8 aromatic carbocycles. The Kier molecular flexibility index (Phi) is 11.6. The van der Waals surface area contributed by atoms with E-state index in [0.29, 0.717) is 10.0 Å². The van der Waals surface area contributed by atoms with Crippen LogP contribution in [-0.4, -0.2) is 10.2 Å². The van der Waals surface area contributed by atoms with Crippen molar-refractivity contribution >= 4 is 66.3 Å². The van der Waals surface area contributed by atoms with Gasteiger partial charge >= 0.3 is 26.2 Å². The second-order valence-electron chi connectivity index (χ2n) is 9.59. The third kappa shape index (κ3) is 8.58. The van der Waals surface area contributed by atoms with Gasteiger partial charge in [-0.2, -0.15) is 0 Å². The number of halogens is 2. The first-order valence-corrected chi connectivity index (χ1v) is 14.2. The number of aromatic hydroxyl groups is 2. The average Bonchev–Trinajstić information content (AvgIpc) is 3.60. The Morgan fingerprint density at radius 2 is 0.581 bits per heavy atom. The minimum atomic E-state index is 0. The van der Waals surface area contributed by atoms with Gasteiger partial charge in [-0.15, -0.1) is 79.5 Å². The van der Waals surface area contributed by atoms with Crippen molar-refractivity contribution in [3.63, 3.8) is 0 Å². The maximum atomic E-state index is 8.70. The summed E-state index contributed by atoms with van der Waals surface area (Å²) in [6, 6.07) is 51.3. The van der Waals surface area contributed by atoms with Gasteiger partial charge < -0.3 is 10.2 Å². The van der Waals surface area contributed by atoms with Gasteiger partial charge in [-0.05, 0) is 48.5 Å². The van der Waals surface area contributed by atoms with Gasteiger partial charge in [-0.3, -0.25) is 0 Å². The molecule has 0 radical (unpaired) electrons. The smallest absolute Gasteiger partial charge is 0.508 e. The molecule has 0 spiro atoms. The molecule has 0 amide bonds. The van der Waals surface area contributed by atoms with Gasteiger partial charge in [0, 0.05) is 10.0 Å². The average molecular weight is 679 g/mol. The minimum absolute atomic E-state index is 0. The molecule has 8 aromatic rings. The molecule has 0 saturated carbocycles. The predicted molar refractivity (Wildman–Crippen MR) is 180 cm³/mol. The molecule has 0 unspecified atom stereocenters. The fourth-order valence-electron chi connectivity index (χ4n) is 4.69. The summed E-state index contributed by atoms with van der Waals surface area (Å²) in [5.41, 5.74) is 0. The standard InChI is InChI=1S/2C13H9.2C6H5ClO.Zr/c2*1-3-7-12-10(5-1)9-11-6-2-4-8-13(11)12;2*7-5-1-3-6(8)4-2-5;/h2*1-9H;2*1-4,8H;/q2*-1;;;+2. The number of hydrogen-bond donors (Lipinski definition) is 2. The second kappa shape index (κ2) is 15.6. The summed E-state index contributed by atoms with van der Waals surface area (Å²) in [5, 5.41) is 29.5. The van der Waals surface area contributed by atoms with Gasteiger partial charge in [0.2, 0.25) is 0 Å². The SMILES string of the molecule is Oc1ccc(Cl)cc1.Oc1ccc(Cl)cc1.[Zr+2].c1ccc2c(c1)[cH-]c1ccccc12.c1ccc2c(c1)[cH-]c1ccccc12. The monoisotopic (exact) mass is 676 g/mol. The van der Waals surface area contributed by atoms with Crippen LogP contribution in [0, 0.1) is 0 Å². The Labute approximate surface area is 280 Å². The largest absolute Gasteiger partial charge is 2.00 e. The van der Waals surface area contributed by atoms with E-state index < -0.39 is 0 Å². The van der Waals surface area contributed by atoms with Crippen molar-refractivity contribution in [2.75, 3.05) is 0 Å². The van der Waals surface area contributed by atoms with E-state index in [2.05, 4.69) is 109 Å². The molecule has 0 bridgehead atoms. The molecule has 0 heterocycles. The van der Waals surface area contributed by atoms with E-state index in [1.54, 1.807) is 48.5 Å². The summed E-state index contributed by atoms with van der Waals surface area (Å²) in [6.07, 6.45) is 0. The van der Waals surface area contributed by atoms with Gasteiger partial charge in [0.25, 0.3) is 0 Å². The second-order valence-corrected chi connectivity index (χ2v) is 10.5. The molecule has 8 rings (SSSR count). The van der Waals surface area contributed by atoms with Crippen molar-refractivity contribution < 1.29 is 36.4 Å². The summed E-state index contributed by atoms with van der Waals surface area (Å²) in [5.74, 6) is 0.490. The molecule has 0 atom stereocenters. The van der Waals surface area contributed by atoms with Crippen LogP contribution in [0.4, 0.5) is 0 Å². The van der Waals surface area contributed by atoms with Crippen LogP contribution in [0.25, 0.3) is 43.1 Å². The van der Waals surface area contributed by atoms with E-state index in [1.807, 2.05) is 0 Å². The Hall–Kier alpha value is -3.88. The zero-order valence-corrected chi connectivity index (χ0v) is 27.1. The van der Waals surface area contributed by atoms with Gasteiger partial charge in [-0.1, -0.05) is 96.0 Å². The molecule has 5 heteroatoms. The molecule has 2 nitrogen and oxygen atoms in total. The number of rotatable bonds is 0. The molecule has 210 valence electrons. The van der Waals surface area contributed by atoms with Crippen molar-refractivity contribution in [1.29, 1.82) is 0 Å². The van der Waals surface area contributed by atoms with Gasteiger partial charge in [0.05, 0.1) is 0 Å². The molecule has 0 aliphatic carbocycles. The van der Waals surface area contributed by atoms with E-state index in [1.165, 1.54) is 43.1 Å². The molecule has 43 heavy (non-hydrogen) atoms. The van der Waals surface area contributed by atoms with Crippen molar-refractivity contribution in [1.82, 2.24) is 0 Å². The summed E-state index contributed by atoms with van der Waals surface area (Å²) < 4.78 is 0. The summed E-state index contributed by atoms with van der Waals surface area (Å²) in [7, 11) is 0. The quantitative estimate of drug-likeness (QED) is 0.157. The summed E-state index contributed by atoms with van der Waals surface area (Å²) >= 11 is 11.0. The Morgan fingerprint density at radius 3 is 0.814 bits per heavy atom. The first kappa shape index (κ1) is 32.0. The van der Waals surface area contributed by atoms with E-state index in [0.717, 1.165) is 0 Å². The first-order valence-electron chi connectivity index (χ1n) is 13.4.